The average Bonchev–Trinajstić information content (AvgIpc) is 2.93. The summed E-state index contributed by atoms with van der Waals surface area (Å²) < 4.78 is 6.55. The highest BCUT2D eigenvalue weighted by Gasteiger charge is 2.23. The van der Waals surface area contributed by atoms with Gasteiger partial charge in [0, 0.05) is 45.9 Å². The normalized spacial score (nSPS) is 13.9. The Morgan fingerprint density at radius 2 is 2.03 bits per heavy atom. The van der Waals surface area contributed by atoms with Crippen LogP contribution in [0.4, 0.5) is 0 Å². The number of rotatable bonds is 9. The van der Waals surface area contributed by atoms with Gasteiger partial charge >= 0.3 is 0 Å². The van der Waals surface area contributed by atoms with Crippen molar-refractivity contribution in [3.05, 3.63) is 86.6 Å². The van der Waals surface area contributed by atoms with Crippen LogP contribution in [0.3, 0.4) is 0 Å². The van der Waals surface area contributed by atoms with E-state index in [1.54, 1.807) is 32.4 Å². The third-order valence-corrected chi connectivity index (χ3v) is 7.77. The molecular weight excluding hydrogens is 514 g/mol. The molecule has 1 amide bonds. The van der Waals surface area contributed by atoms with Gasteiger partial charge in [0.2, 0.25) is 5.91 Å². The average molecular weight is 548 g/mol. The zero-order chi connectivity index (χ0) is 28.1. The molecule has 1 fully saturated rings. The van der Waals surface area contributed by atoms with Gasteiger partial charge in [-0.05, 0) is 60.6 Å². The van der Waals surface area contributed by atoms with E-state index in [1.807, 2.05) is 19.1 Å². The number of nitriles is 1. The van der Waals surface area contributed by atoms with E-state index in [-0.39, 0.29) is 18.0 Å². The van der Waals surface area contributed by atoms with Crippen molar-refractivity contribution in [2.45, 2.75) is 45.2 Å². The highest BCUT2D eigenvalue weighted by atomic mass is 35.5. The number of fused-ring (bicyclic) bond motifs is 1. The van der Waals surface area contributed by atoms with Crippen LogP contribution in [-0.2, 0) is 22.6 Å². The molecule has 0 unspecified atom stereocenters. The van der Waals surface area contributed by atoms with E-state index in [1.165, 1.54) is 15.8 Å². The number of piperidine rings is 1. The predicted octanol–water partition coefficient (Wildman–Crippen LogP) is 4.62. The molecule has 1 aromatic heterocycles. The second kappa shape index (κ2) is 12.5. The highest BCUT2D eigenvalue weighted by Crippen LogP contribution is 2.32. The molecule has 0 radical (unpaired) electrons. The molecule has 39 heavy (non-hydrogen) atoms. The number of likely N-dealkylation sites (tertiary alicyclic amines) is 1. The lowest BCUT2D eigenvalue weighted by molar-refractivity contribution is -0.131. The van der Waals surface area contributed by atoms with E-state index < -0.39 is 0 Å². The number of aryl methyl sites for hydroxylation is 1. The number of ether oxygens (including phenoxy) is 1. The number of hydrogen-bond donors (Lipinski definition) is 0. The van der Waals surface area contributed by atoms with Gasteiger partial charge in [-0.2, -0.15) is 5.26 Å². The predicted molar refractivity (Wildman–Crippen MR) is 153 cm³/mol. The molecule has 0 aliphatic carbocycles. The zero-order valence-electron chi connectivity index (χ0n) is 22.7. The van der Waals surface area contributed by atoms with Crippen LogP contribution in [0, 0.1) is 18.3 Å². The maximum atomic E-state index is 13.5. The Labute approximate surface area is 234 Å². The second-order valence-electron chi connectivity index (χ2n) is 10.2. The maximum absolute atomic E-state index is 13.5. The van der Waals surface area contributed by atoms with Gasteiger partial charge in [-0.25, -0.2) is 4.98 Å². The Hall–Kier alpha value is -3.67. The van der Waals surface area contributed by atoms with Crippen LogP contribution < -0.4 is 5.56 Å². The first kappa shape index (κ1) is 28.3. The number of methoxy groups -OCH3 is 1. The Morgan fingerprint density at radius 3 is 2.69 bits per heavy atom. The minimum absolute atomic E-state index is 0.118. The third kappa shape index (κ3) is 6.49. The van der Waals surface area contributed by atoms with Crippen LogP contribution in [0.15, 0.2) is 53.7 Å². The first-order valence-corrected chi connectivity index (χ1v) is 13.4. The summed E-state index contributed by atoms with van der Waals surface area (Å²) in [5.41, 5.74) is 4.83. The van der Waals surface area contributed by atoms with E-state index in [2.05, 4.69) is 22.5 Å². The molecule has 204 valence electrons. The van der Waals surface area contributed by atoms with Gasteiger partial charge < -0.3 is 14.5 Å². The van der Waals surface area contributed by atoms with Crippen molar-refractivity contribution in [3.8, 4) is 6.07 Å². The summed E-state index contributed by atoms with van der Waals surface area (Å²) in [5.74, 6) is 0.118. The summed E-state index contributed by atoms with van der Waals surface area (Å²) in [7, 11) is 3.37. The van der Waals surface area contributed by atoms with Gasteiger partial charge in [0.1, 0.15) is 12.6 Å². The van der Waals surface area contributed by atoms with E-state index in [0.717, 1.165) is 54.7 Å². The van der Waals surface area contributed by atoms with Crippen molar-refractivity contribution in [2.24, 2.45) is 0 Å². The minimum atomic E-state index is -0.229. The van der Waals surface area contributed by atoms with Gasteiger partial charge in [0.15, 0.2) is 0 Å². The number of halogens is 1. The van der Waals surface area contributed by atoms with Crippen LogP contribution >= 0.6 is 11.6 Å². The largest absolute Gasteiger partial charge is 0.384 e. The fraction of sp³-hybridized carbons (Fsp3) is 0.400. The van der Waals surface area contributed by atoms with Gasteiger partial charge in [-0.3, -0.25) is 14.2 Å². The number of benzene rings is 2. The molecule has 2 aromatic carbocycles. The van der Waals surface area contributed by atoms with Crippen LogP contribution in [0.5, 0.6) is 0 Å². The van der Waals surface area contributed by atoms with Crippen LogP contribution in [0.1, 0.15) is 47.4 Å². The molecule has 1 saturated heterocycles. The first-order valence-electron chi connectivity index (χ1n) is 13.1. The molecule has 0 bridgehead atoms. The number of carbonyl (C=O) groups is 1. The molecular formula is C30H34ClN5O3. The molecule has 8 nitrogen and oxygen atoms in total. The number of hydrogen-bond acceptors (Lipinski definition) is 6. The van der Waals surface area contributed by atoms with Gasteiger partial charge in [-0.1, -0.05) is 30.3 Å². The van der Waals surface area contributed by atoms with Crippen LogP contribution in [-0.4, -0.2) is 59.1 Å². The van der Waals surface area contributed by atoms with Gasteiger partial charge in [0.05, 0.1) is 34.4 Å². The molecule has 9 heteroatoms. The van der Waals surface area contributed by atoms with E-state index in [9.17, 15) is 9.59 Å². The lowest BCUT2D eigenvalue weighted by Gasteiger charge is -2.35. The molecule has 0 saturated carbocycles. The second-order valence-corrected chi connectivity index (χ2v) is 10.6. The number of carbonyl (C=O) groups excluding carboxylic acids is 1. The van der Waals surface area contributed by atoms with Gasteiger partial charge in [0.25, 0.3) is 5.56 Å². The molecule has 0 spiro atoms. The number of likely N-dealkylation sites (N-methyl/N-ethyl adjacent to an activating group) is 1. The standard InChI is InChI=1S/C30H34ClN5O3/c1-20-13-25(23-7-10-35(11-8-23)21(2)9-12-39-4)15-26-29(20)33-19-36(30(26)38)18-28(37)34(3)17-22-5-6-24(16-32)27(31)14-22/h5-6,13-15,19,23H,2,7-12,17-18H2,1,3-4H3. The van der Waals surface area contributed by atoms with Crippen molar-refractivity contribution < 1.29 is 9.53 Å². The van der Waals surface area contributed by atoms with Crippen LogP contribution in [0.2, 0.25) is 5.02 Å². The van der Waals surface area contributed by atoms with Crippen molar-refractivity contribution in [1.82, 2.24) is 19.4 Å². The summed E-state index contributed by atoms with van der Waals surface area (Å²) in [5, 5.41) is 9.95. The van der Waals surface area contributed by atoms with E-state index in [4.69, 9.17) is 21.6 Å². The molecule has 0 atom stereocenters. The maximum Gasteiger partial charge on any atom is 0.261 e. The quantitative estimate of drug-likeness (QED) is 0.388. The number of nitrogens with zero attached hydrogens (tertiary/aromatic N) is 5. The first-order chi connectivity index (χ1) is 18.7. The molecule has 4 rings (SSSR count). The number of aromatic nitrogens is 2. The minimum Gasteiger partial charge on any atom is -0.384 e. The molecule has 2 heterocycles. The number of amides is 1. The lowest BCUT2D eigenvalue weighted by Crippen LogP contribution is -2.34. The smallest absolute Gasteiger partial charge is 0.261 e. The molecule has 1 aliphatic heterocycles. The molecule has 3 aromatic rings. The summed E-state index contributed by atoms with van der Waals surface area (Å²) in [6.45, 7) is 8.89. The highest BCUT2D eigenvalue weighted by molar-refractivity contribution is 6.31. The monoisotopic (exact) mass is 547 g/mol. The van der Waals surface area contributed by atoms with E-state index in [0.29, 0.717) is 40.6 Å². The Morgan fingerprint density at radius 1 is 1.28 bits per heavy atom. The summed E-state index contributed by atoms with van der Waals surface area (Å²) in [6.07, 6.45) is 4.24. The van der Waals surface area contributed by atoms with Crippen LogP contribution in [0.25, 0.3) is 10.9 Å². The lowest BCUT2D eigenvalue weighted by atomic mass is 9.87. The fourth-order valence-electron chi connectivity index (χ4n) is 5.11. The Balaban J connectivity index is 1.48. The van der Waals surface area contributed by atoms with Crippen molar-refractivity contribution in [3.63, 3.8) is 0 Å². The Kier molecular flexibility index (Phi) is 9.05. The topological polar surface area (TPSA) is 91.5 Å². The van der Waals surface area contributed by atoms with Crippen molar-refractivity contribution >= 4 is 28.4 Å². The molecule has 0 N–H and O–H groups in total. The van der Waals surface area contributed by atoms with Crippen molar-refractivity contribution in [1.29, 1.82) is 5.26 Å². The zero-order valence-corrected chi connectivity index (χ0v) is 23.5. The summed E-state index contributed by atoms with van der Waals surface area (Å²) >= 11 is 6.13. The van der Waals surface area contributed by atoms with Gasteiger partial charge in [-0.15, -0.1) is 0 Å². The Bertz CT molecular complexity index is 1480. The third-order valence-electron chi connectivity index (χ3n) is 7.45. The SMILES string of the molecule is C=C(CCOC)N1CCC(c2cc(C)c3ncn(CC(=O)N(C)Cc4ccc(C#N)c(Cl)c4)c(=O)c3c2)CC1. The van der Waals surface area contributed by atoms with E-state index >= 15 is 0 Å². The molecule has 1 aliphatic rings. The van der Waals surface area contributed by atoms with Crippen molar-refractivity contribution in [2.75, 3.05) is 33.9 Å². The summed E-state index contributed by atoms with van der Waals surface area (Å²) in [6, 6.07) is 11.2. The fourth-order valence-corrected chi connectivity index (χ4v) is 5.35. The summed E-state index contributed by atoms with van der Waals surface area (Å²) in [4.78, 5) is 34.8.